The maximum atomic E-state index is 5.94. The van der Waals surface area contributed by atoms with Gasteiger partial charge in [-0.2, -0.15) is 0 Å². The van der Waals surface area contributed by atoms with E-state index in [1.807, 2.05) is 0 Å². The van der Waals surface area contributed by atoms with E-state index in [1.165, 1.54) is 10.4 Å². The Labute approximate surface area is 160 Å². The van der Waals surface area contributed by atoms with Crippen LogP contribution >= 0.6 is 11.3 Å². The predicted octanol–water partition coefficient (Wildman–Crippen LogP) is 3.73. The molecule has 0 aliphatic rings. The third kappa shape index (κ3) is 7.06. The zero-order valence-electron chi connectivity index (χ0n) is 15.9. The highest BCUT2D eigenvalue weighted by Crippen LogP contribution is 2.21. The lowest BCUT2D eigenvalue weighted by Crippen LogP contribution is -2.36. The molecule has 0 unspecified atom stereocenters. The summed E-state index contributed by atoms with van der Waals surface area (Å²) in [6, 6.07) is 10.4. The molecule has 5 nitrogen and oxygen atoms in total. The monoisotopic (exact) mass is 375 g/mol. The van der Waals surface area contributed by atoms with Gasteiger partial charge in [0, 0.05) is 37.1 Å². The van der Waals surface area contributed by atoms with E-state index in [2.05, 4.69) is 60.2 Å². The summed E-state index contributed by atoms with van der Waals surface area (Å²) >= 11 is 1.74. The van der Waals surface area contributed by atoms with Crippen LogP contribution in [0.2, 0.25) is 0 Å². The summed E-state index contributed by atoms with van der Waals surface area (Å²) in [4.78, 5) is 6.00. The van der Waals surface area contributed by atoms with Gasteiger partial charge in [-0.1, -0.05) is 18.2 Å². The zero-order valence-corrected chi connectivity index (χ0v) is 16.7. The molecule has 0 radical (unpaired) electrons. The van der Waals surface area contributed by atoms with E-state index < -0.39 is 0 Å². The van der Waals surface area contributed by atoms with E-state index in [0.29, 0.717) is 19.8 Å². The Morgan fingerprint density at radius 3 is 2.81 bits per heavy atom. The molecule has 1 aromatic heterocycles. The van der Waals surface area contributed by atoms with Gasteiger partial charge in [-0.15, -0.1) is 11.3 Å². The van der Waals surface area contributed by atoms with Crippen LogP contribution in [0.4, 0.5) is 0 Å². The SMILES string of the molecule is CCNC(=NCc1ccc(C)cc1OCCCOC)NCc1cccs1. The molecule has 0 spiro atoms. The molecule has 0 aliphatic heterocycles. The maximum Gasteiger partial charge on any atom is 0.191 e. The van der Waals surface area contributed by atoms with Crippen LogP contribution < -0.4 is 15.4 Å². The highest BCUT2D eigenvalue weighted by Gasteiger charge is 2.05. The molecular weight excluding hydrogens is 346 g/mol. The lowest BCUT2D eigenvalue weighted by atomic mass is 10.1. The quantitative estimate of drug-likeness (QED) is 0.377. The van der Waals surface area contributed by atoms with Gasteiger partial charge in [0.25, 0.3) is 0 Å². The van der Waals surface area contributed by atoms with Crippen molar-refractivity contribution in [3.8, 4) is 5.75 Å². The molecule has 0 saturated carbocycles. The van der Waals surface area contributed by atoms with Crippen molar-refractivity contribution in [3.63, 3.8) is 0 Å². The second-order valence-corrected chi connectivity index (χ2v) is 6.97. The van der Waals surface area contributed by atoms with Crippen LogP contribution in [0.5, 0.6) is 5.75 Å². The Kier molecular flexibility index (Phi) is 9.00. The minimum Gasteiger partial charge on any atom is -0.493 e. The summed E-state index contributed by atoms with van der Waals surface area (Å²) in [6.07, 6.45) is 0.873. The number of benzene rings is 1. The summed E-state index contributed by atoms with van der Waals surface area (Å²) in [6.45, 7) is 7.66. The van der Waals surface area contributed by atoms with E-state index in [9.17, 15) is 0 Å². The Hall–Kier alpha value is -2.05. The molecule has 142 valence electrons. The van der Waals surface area contributed by atoms with Crippen LogP contribution in [0, 0.1) is 6.92 Å². The van der Waals surface area contributed by atoms with E-state index in [0.717, 1.165) is 36.8 Å². The van der Waals surface area contributed by atoms with Gasteiger partial charge in [0.05, 0.1) is 19.7 Å². The minimum atomic E-state index is 0.569. The highest BCUT2D eigenvalue weighted by atomic mass is 32.1. The molecule has 0 atom stereocenters. The first-order valence-electron chi connectivity index (χ1n) is 8.98. The highest BCUT2D eigenvalue weighted by molar-refractivity contribution is 7.09. The number of nitrogens with one attached hydrogen (secondary N) is 2. The van der Waals surface area contributed by atoms with E-state index in [4.69, 9.17) is 14.5 Å². The smallest absolute Gasteiger partial charge is 0.191 e. The van der Waals surface area contributed by atoms with Crippen molar-refractivity contribution in [3.05, 3.63) is 51.7 Å². The number of ether oxygens (including phenoxy) is 2. The predicted molar refractivity (Wildman–Crippen MR) is 109 cm³/mol. The van der Waals surface area contributed by atoms with Crippen molar-refractivity contribution in [2.75, 3.05) is 26.9 Å². The fourth-order valence-electron chi connectivity index (χ4n) is 2.40. The van der Waals surface area contributed by atoms with Gasteiger partial charge in [-0.05, 0) is 36.9 Å². The number of methoxy groups -OCH3 is 1. The van der Waals surface area contributed by atoms with Gasteiger partial charge >= 0.3 is 0 Å². The van der Waals surface area contributed by atoms with Crippen molar-refractivity contribution in [2.24, 2.45) is 4.99 Å². The largest absolute Gasteiger partial charge is 0.493 e. The number of aryl methyl sites for hydroxylation is 1. The average Bonchev–Trinajstić information content (AvgIpc) is 3.16. The molecule has 0 bridgehead atoms. The third-order valence-corrected chi connectivity index (χ3v) is 4.61. The van der Waals surface area contributed by atoms with Crippen LogP contribution in [0.1, 0.15) is 29.3 Å². The Bertz CT molecular complexity index is 672. The molecule has 2 aromatic rings. The number of nitrogens with zero attached hydrogens (tertiary/aromatic N) is 1. The minimum absolute atomic E-state index is 0.569. The molecule has 6 heteroatoms. The van der Waals surface area contributed by atoms with Crippen LogP contribution in [0.15, 0.2) is 40.7 Å². The first-order chi connectivity index (χ1) is 12.7. The Balaban J connectivity index is 1.99. The van der Waals surface area contributed by atoms with E-state index >= 15 is 0 Å². The zero-order chi connectivity index (χ0) is 18.6. The van der Waals surface area contributed by atoms with Gasteiger partial charge in [0.1, 0.15) is 5.75 Å². The number of hydrogen-bond acceptors (Lipinski definition) is 4. The van der Waals surface area contributed by atoms with Crippen molar-refractivity contribution in [1.29, 1.82) is 0 Å². The summed E-state index contributed by atoms with van der Waals surface area (Å²) in [5, 5.41) is 8.75. The molecule has 0 amide bonds. The molecule has 26 heavy (non-hydrogen) atoms. The Morgan fingerprint density at radius 2 is 2.08 bits per heavy atom. The van der Waals surface area contributed by atoms with Crippen molar-refractivity contribution < 1.29 is 9.47 Å². The average molecular weight is 376 g/mol. The number of rotatable bonds is 10. The van der Waals surface area contributed by atoms with E-state index in [1.54, 1.807) is 18.4 Å². The summed E-state index contributed by atoms with van der Waals surface area (Å²) in [5.74, 6) is 1.71. The molecule has 1 aromatic carbocycles. The van der Waals surface area contributed by atoms with Crippen LogP contribution in [-0.4, -0.2) is 32.8 Å². The first-order valence-corrected chi connectivity index (χ1v) is 9.86. The standard InChI is InChI=1S/C20H29N3O2S/c1-4-21-20(23-15-18-7-5-12-26-18)22-14-17-9-8-16(2)13-19(17)25-11-6-10-24-3/h5,7-9,12-13H,4,6,10-11,14-15H2,1-3H3,(H2,21,22,23). The molecule has 1 heterocycles. The number of aliphatic imine (C=N–C) groups is 1. The van der Waals surface area contributed by atoms with Gasteiger partial charge in [0.15, 0.2) is 5.96 Å². The van der Waals surface area contributed by atoms with Crippen molar-refractivity contribution in [2.45, 2.75) is 33.4 Å². The number of guanidine groups is 1. The van der Waals surface area contributed by atoms with Crippen molar-refractivity contribution >= 4 is 17.3 Å². The fraction of sp³-hybridized carbons (Fsp3) is 0.450. The summed E-state index contributed by atoms with van der Waals surface area (Å²) in [7, 11) is 1.71. The molecule has 0 aliphatic carbocycles. The summed E-state index contributed by atoms with van der Waals surface area (Å²) < 4.78 is 11.0. The topological polar surface area (TPSA) is 54.9 Å². The first kappa shape index (κ1) is 20.3. The molecular formula is C20H29N3O2S. The Morgan fingerprint density at radius 1 is 1.19 bits per heavy atom. The third-order valence-electron chi connectivity index (χ3n) is 3.73. The van der Waals surface area contributed by atoms with Crippen LogP contribution in [0.25, 0.3) is 0 Å². The van der Waals surface area contributed by atoms with Gasteiger partial charge in [-0.3, -0.25) is 0 Å². The number of hydrogen-bond donors (Lipinski definition) is 2. The second-order valence-electron chi connectivity index (χ2n) is 5.93. The van der Waals surface area contributed by atoms with Crippen LogP contribution in [0.3, 0.4) is 0 Å². The molecule has 0 saturated heterocycles. The van der Waals surface area contributed by atoms with Gasteiger partial charge < -0.3 is 20.1 Å². The van der Waals surface area contributed by atoms with Crippen molar-refractivity contribution in [1.82, 2.24) is 10.6 Å². The molecule has 2 N–H and O–H groups in total. The number of thiophene rings is 1. The molecule has 0 fully saturated rings. The lowest BCUT2D eigenvalue weighted by molar-refractivity contribution is 0.172. The maximum absolute atomic E-state index is 5.94. The van der Waals surface area contributed by atoms with Gasteiger partial charge in [-0.25, -0.2) is 4.99 Å². The normalized spacial score (nSPS) is 11.4. The molecule has 2 rings (SSSR count). The van der Waals surface area contributed by atoms with Gasteiger partial charge in [0.2, 0.25) is 0 Å². The van der Waals surface area contributed by atoms with E-state index in [-0.39, 0.29) is 0 Å². The summed E-state index contributed by atoms with van der Waals surface area (Å²) in [5.41, 5.74) is 2.27. The lowest BCUT2D eigenvalue weighted by Gasteiger charge is -2.13. The second kappa shape index (κ2) is 11.5. The fourth-order valence-corrected chi connectivity index (χ4v) is 3.05. The van der Waals surface area contributed by atoms with Crippen LogP contribution in [-0.2, 0) is 17.8 Å².